The first-order valence-corrected chi connectivity index (χ1v) is 6.90. The minimum Gasteiger partial charge on any atom is -0.493 e. The first-order chi connectivity index (χ1) is 8.62. The van der Waals surface area contributed by atoms with Crippen molar-refractivity contribution in [3.8, 4) is 5.75 Å². The number of methoxy groups -OCH3 is 1. The number of ether oxygens (including phenoxy) is 1. The Morgan fingerprint density at radius 2 is 2.11 bits per heavy atom. The Labute approximate surface area is 109 Å². The average Bonchev–Trinajstić information content (AvgIpc) is 2.81. The third-order valence-corrected chi connectivity index (χ3v) is 4.28. The fraction of sp³-hybridized carbons (Fsp3) is 0.786. The SMILES string of the molecule is CCn1ncc(OC)c1C(O)C1(C)CCCCC1. The summed E-state index contributed by atoms with van der Waals surface area (Å²) in [6.45, 7) is 4.97. The minimum atomic E-state index is -0.491. The van der Waals surface area contributed by atoms with Crippen LogP contribution >= 0.6 is 0 Å². The first kappa shape index (κ1) is 13.4. The van der Waals surface area contributed by atoms with E-state index in [1.807, 2.05) is 11.6 Å². The maximum absolute atomic E-state index is 10.8. The van der Waals surface area contributed by atoms with Gasteiger partial charge in [-0.2, -0.15) is 5.10 Å². The highest BCUT2D eigenvalue weighted by molar-refractivity contribution is 5.28. The highest BCUT2D eigenvalue weighted by atomic mass is 16.5. The molecule has 1 aromatic heterocycles. The number of aromatic nitrogens is 2. The van der Waals surface area contributed by atoms with Crippen LogP contribution in [0.1, 0.15) is 57.7 Å². The summed E-state index contributed by atoms with van der Waals surface area (Å²) in [4.78, 5) is 0. The molecule has 0 amide bonds. The number of hydrogen-bond donors (Lipinski definition) is 1. The second kappa shape index (κ2) is 5.31. The summed E-state index contributed by atoms with van der Waals surface area (Å²) in [6.07, 6.45) is 7.06. The quantitative estimate of drug-likeness (QED) is 0.896. The Hall–Kier alpha value is -1.03. The molecule has 1 N–H and O–H groups in total. The van der Waals surface area contributed by atoms with Crippen molar-refractivity contribution >= 4 is 0 Å². The van der Waals surface area contributed by atoms with Crippen molar-refractivity contribution < 1.29 is 9.84 Å². The van der Waals surface area contributed by atoms with Crippen LogP contribution in [0.25, 0.3) is 0 Å². The van der Waals surface area contributed by atoms with Crippen LogP contribution in [0.5, 0.6) is 5.75 Å². The number of hydrogen-bond acceptors (Lipinski definition) is 3. The van der Waals surface area contributed by atoms with Gasteiger partial charge in [0, 0.05) is 6.54 Å². The molecule has 18 heavy (non-hydrogen) atoms. The van der Waals surface area contributed by atoms with Gasteiger partial charge in [-0.1, -0.05) is 26.2 Å². The van der Waals surface area contributed by atoms with E-state index in [1.165, 1.54) is 19.3 Å². The van der Waals surface area contributed by atoms with Crippen molar-refractivity contribution in [1.82, 2.24) is 9.78 Å². The number of aryl methyl sites for hydroxylation is 1. The predicted molar refractivity (Wildman–Crippen MR) is 70.6 cm³/mol. The predicted octanol–water partition coefficient (Wildman–Crippen LogP) is 2.92. The molecule has 1 aliphatic carbocycles. The van der Waals surface area contributed by atoms with Gasteiger partial charge < -0.3 is 9.84 Å². The minimum absolute atomic E-state index is 0.0432. The van der Waals surface area contributed by atoms with Gasteiger partial charge in [0.2, 0.25) is 0 Å². The van der Waals surface area contributed by atoms with Gasteiger partial charge in [0.05, 0.1) is 13.3 Å². The molecule has 0 saturated heterocycles. The molecule has 1 unspecified atom stereocenters. The molecule has 1 heterocycles. The Morgan fingerprint density at radius 3 is 2.67 bits per heavy atom. The van der Waals surface area contributed by atoms with Crippen molar-refractivity contribution in [1.29, 1.82) is 0 Å². The lowest BCUT2D eigenvalue weighted by Crippen LogP contribution is -2.30. The molecule has 1 aromatic rings. The zero-order valence-corrected chi connectivity index (χ0v) is 11.6. The molecule has 0 spiro atoms. The number of aliphatic hydroxyl groups excluding tert-OH is 1. The third-order valence-electron chi connectivity index (χ3n) is 4.28. The average molecular weight is 252 g/mol. The summed E-state index contributed by atoms with van der Waals surface area (Å²) in [5.74, 6) is 0.705. The molecular formula is C14H24N2O2. The molecule has 0 radical (unpaired) electrons. The summed E-state index contributed by atoms with van der Waals surface area (Å²) in [7, 11) is 1.64. The lowest BCUT2D eigenvalue weighted by atomic mass is 9.71. The molecule has 1 aliphatic rings. The van der Waals surface area contributed by atoms with E-state index in [0.717, 1.165) is 25.1 Å². The standard InChI is InChI=1S/C14H24N2O2/c1-4-16-12(11(18-3)10-15-16)13(17)14(2)8-6-5-7-9-14/h10,13,17H,4-9H2,1-3H3. The van der Waals surface area contributed by atoms with Gasteiger partial charge in [0.25, 0.3) is 0 Å². The highest BCUT2D eigenvalue weighted by Gasteiger charge is 2.38. The van der Waals surface area contributed by atoms with Gasteiger partial charge in [-0.3, -0.25) is 4.68 Å². The van der Waals surface area contributed by atoms with Crippen LogP contribution in [0.3, 0.4) is 0 Å². The van der Waals surface area contributed by atoms with E-state index in [9.17, 15) is 5.11 Å². The molecule has 4 nitrogen and oxygen atoms in total. The summed E-state index contributed by atoms with van der Waals surface area (Å²) in [5, 5.41) is 15.1. The fourth-order valence-electron chi connectivity index (χ4n) is 3.03. The van der Waals surface area contributed by atoms with Crippen molar-refractivity contribution in [2.24, 2.45) is 5.41 Å². The lowest BCUT2D eigenvalue weighted by molar-refractivity contribution is 0.000730. The number of nitrogens with zero attached hydrogens (tertiary/aromatic N) is 2. The molecule has 1 atom stereocenters. The normalized spacial score (nSPS) is 20.7. The summed E-state index contributed by atoms with van der Waals surface area (Å²) in [6, 6.07) is 0. The van der Waals surface area contributed by atoms with Gasteiger partial charge in [-0.15, -0.1) is 0 Å². The summed E-state index contributed by atoms with van der Waals surface area (Å²) >= 11 is 0. The van der Waals surface area contributed by atoms with Gasteiger partial charge in [-0.05, 0) is 25.2 Å². The first-order valence-electron chi connectivity index (χ1n) is 6.90. The molecular weight excluding hydrogens is 228 g/mol. The monoisotopic (exact) mass is 252 g/mol. The van der Waals surface area contributed by atoms with Crippen LogP contribution < -0.4 is 4.74 Å². The van der Waals surface area contributed by atoms with Crippen LogP contribution in [-0.4, -0.2) is 22.0 Å². The second-order valence-electron chi connectivity index (χ2n) is 5.53. The summed E-state index contributed by atoms with van der Waals surface area (Å²) < 4.78 is 7.19. The van der Waals surface area contributed by atoms with Crippen LogP contribution in [-0.2, 0) is 6.54 Å². The van der Waals surface area contributed by atoms with Gasteiger partial charge in [-0.25, -0.2) is 0 Å². The van der Waals surface area contributed by atoms with Crippen molar-refractivity contribution in [3.05, 3.63) is 11.9 Å². The van der Waals surface area contributed by atoms with Gasteiger partial charge in [0.1, 0.15) is 11.8 Å². The van der Waals surface area contributed by atoms with E-state index in [-0.39, 0.29) is 5.41 Å². The van der Waals surface area contributed by atoms with E-state index in [4.69, 9.17) is 4.74 Å². The van der Waals surface area contributed by atoms with Gasteiger partial charge in [0.15, 0.2) is 5.75 Å². The number of aliphatic hydroxyl groups is 1. The maximum Gasteiger partial charge on any atom is 0.162 e. The summed E-state index contributed by atoms with van der Waals surface area (Å²) in [5.41, 5.74) is 0.794. The highest BCUT2D eigenvalue weighted by Crippen LogP contribution is 2.47. The molecule has 1 fully saturated rings. The van der Waals surface area contributed by atoms with E-state index in [2.05, 4.69) is 12.0 Å². The Balaban J connectivity index is 2.31. The van der Waals surface area contributed by atoms with Crippen molar-refractivity contribution in [3.63, 3.8) is 0 Å². The fourth-order valence-corrected chi connectivity index (χ4v) is 3.03. The topological polar surface area (TPSA) is 47.3 Å². The maximum atomic E-state index is 10.8. The molecule has 1 saturated carbocycles. The Kier molecular flexibility index (Phi) is 3.95. The molecule has 0 aromatic carbocycles. The zero-order chi connectivity index (χ0) is 13.2. The second-order valence-corrected chi connectivity index (χ2v) is 5.53. The van der Waals surface area contributed by atoms with Crippen molar-refractivity contribution in [2.45, 2.75) is 58.6 Å². The van der Waals surface area contributed by atoms with E-state index >= 15 is 0 Å². The third kappa shape index (κ3) is 2.26. The molecule has 0 aliphatic heterocycles. The molecule has 2 rings (SSSR count). The molecule has 0 bridgehead atoms. The van der Waals surface area contributed by atoms with E-state index in [0.29, 0.717) is 5.75 Å². The Bertz CT molecular complexity index is 373. The van der Waals surface area contributed by atoms with Crippen LogP contribution in [0.4, 0.5) is 0 Å². The number of rotatable bonds is 4. The van der Waals surface area contributed by atoms with Crippen LogP contribution in [0.15, 0.2) is 6.20 Å². The molecule has 4 heteroatoms. The smallest absolute Gasteiger partial charge is 0.162 e. The van der Waals surface area contributed by atoms with Crippen molar-refractivity contribution in [2.75, 3.05) is 7.11 Å². The van der Waals surface area contributed by atoms with Gasteiger partial charge >= 0.3 is 0 Å². The van der Waals surface area contributed by atoms with E-state index < -0.39 is 6.10 Å². The van der Waals surface area contributed by atoms with Crippen LogP contribution in [0, 0.1) is 5.41 Å². The van der Waals surface area contributed by atoms with Crippen LogP contribution in [0.2, 0.25) is 0 Å². The zero-order valence-electron chi connectivity index (χ0n) is 11.6. The van der Waals surface area contributed by atoms with E-state index in [1.54, 1.807) is 13.3 Å². The molecule has 102 valence electrons. The Morgan fingerprint density at radius 1 is 1.44 bits per heavy atom. The lowest BCUT2D eigenvalue weighted by Gasteiger charge is -2.38. The largest absolute Gasteiger partial charge is 0.493 e.